The average molecular weight is 221 g/mol. The lowest BCUT2D eigenvalue weighted by molar-refractivity contribution is 0.189. The predicted molar refractivity (Wildman–Crippen MR) is 55.9 cm³/mol. The molecule has 1 amide bonds. The van der Waals surface area contributed by atoms with E-state index >= 15 is 0 Å². The van der Waals surface area contributed by atoms with Crippen molar-refractivity contribution in [1.29, 1.82) is 0 Å². The van der Waals surface area contributed by atoms with E-state index in [0.29, 0.717) is 5.92 Å². The minimum absolute atomic E-state index is 0. The summed E-state index contributed by atoms with van der Waals surface area (Å²) in [6.07, 6.45) is 2.39. The number of rotatable bonds is 1. The zero-order valence-corrected chi connectivity index (χ0v) is 8.85. The van der Waals surface area contributed by atoms with E-state index in [1.807, 2.05) is 0 Å². The van der Waals surface area contributed by atoms with Crippen molar-refractivity contribution in [2.75, 3.05) is 13.1 Å². The van der Waals surface area contributed by atoms with Gasteiger partial charge in [0.15, 0.2) is 0 Å². The van der Waals surface area contributed by atoms with E-state index in [1.165, 1.54) is 6.42 Å². The summed E-state index contributed by atoms with van der Waals surface area (Å²) in [6, 6.07) is 0.201. The van der Waals surface area contributed by atoms with Crippen LogP contribution in [0.25, 0.3) is 0 Å². The van der Waals surface area contributed by atoms with Gasteiger partial charge in [0.25, 0.3) is 0 Å². The lowest BCUT2D eigenvalue weighted by Gasteiger charge is -2.25. The molecule has 1 saturated carbocycles. The maximum Gasteiger partial charge on any atom is 0.404 e. The Kier molecular flexibility index (Phi) is 4.01. The van der Waals surface area contributed by atoms with E-state index in [4.69, 9.17) is 5.11 Å². The Hall–Kier alpha value is -0.480. The topological polar surface area (TPSA) is 61.4 Å². The second-order valence-corrected chi connectivity index (χ2v) is 4.13. The molecule has 3 N–H and O–H groups in total. The lowest BCUT2D eigenvalue weighted by Crippen LogP contribution is -2.33. The maximum absolute atomic E-state index is 10.4. The quantitative estimate of drug-likeness (QED) is 0.620. The molecule has 1 aliphatic carbocycles. The molecule has 0 aromatic heterocycles. The number of hydrogen-bond acceptors (Lipinski definition) is 2. The van der Waals surface area contributed by atoms with Crippen LogP contribution in [0.1, 0.15) is 19.3 Å². The SMILES string of the molecule is Cl.O=C(O)NC1C[C@H]2CNCC[C@H]2C1. The van der Waals surface area contributed by atoms with E-state index in [-0.39, 0.29) is 18.4 Å². The van der Waals surface area contributed by atoms with E-state index < -0.39 is 6.09 Å². The number of fused-ring (bicyclic) bond motifs is 1. The van der Waals surface area contributed by atoms with E-state index in [1.54, 1.807) is 0 Å². The first kappa shape index (κ1) is 11.6. The highest BCUT2D eigenvalue weighted by atomic mass is 35.5. The normalized spacial score (nSPS) is 35.6. The molecule has 4 nitrogen and oxygen atoms in total. The van der Waals surface area contributed by atoms with Crippen molar-refractivity contribution in [3.63, 3.8) is 0 Å². The minimum Gasteiger partial charge on any atom is -0.465 e. The van der Waals surface area contributed by atoms with Crippen molar-refractivity contribution >= 4 is 18.5 Å². The summed E-state index contributed by atoms with van der Waals surface area (Å²) in [4.78, 5) is 10.4. The van der Waals surface area contributed by atoms with Crippen LogP contribution in [-0.2, 0) is 0 Å². The van der Waals surface area contributed by atoms with Crippen LogP contribution in [-0.4, -0.2) is 30.3 Å². The fourth-order valence-electron chi connectivity index (χ4n) is 2.68. The Labute approximate surface area is 89.9 Å². The van der Waals surface area contributed by atoms with Gasteiger partial charge in [0.05, 0.1) is 0 Å². The van der Waals surface area contributed by atoms with Crippen LogP contribution >= 0.6 is 12.4 Å². The number of carbonyl (C=O) groups is 1. The molecule has 1 saturated heterocycles. The third kappa shape index (κ3) is 2.51. The molecule has 1 unspecified atom stereocenters. The van der Waals surface area contributed by atoms with Gasteiger partial charge in [-0.3, -0.25) is 0 Å². The largest absolute Gasteiger partial charge is 0.465 e. The summed E-state index contributed by atoms with van der Waals surface area (Å²) < 4.78 is 0. The fraction of sp³-hybridized carbons (Fsp3) is 0.889. The molecule has 3 atom stereocenters. The van der Waals surface area contributed by atoms with Crippen molar-refractivity contribution in [2.45, 2.75) is 25.3 Å². The van der Waals surface area contributed by atoms with Crippen LogP contribution in [0.5, 0.6) is 0 Å². The van der Waals surface area contributed by atoms with Gasteiger partial charge in [-0.1, -0.05) is 0 Å². The third-order valence-electron chi connectivity index (χ3n) is 3.27. The maximum atomic E-state index is 10.4. The predicted octanol–water partition coefficient (Wildman–Crippen LogP) is 1.06. The number of amides is 1. The number of carboxylic acid groups (broad SMARTS) is 1. The van der Waals surface area contributed by atoms with Crippen molar-refractivity contribution in [2.24, 2.45) is 11.8 Å². The van der Waals surface area contributed by atoms with Crippen LogP contribution < -0.4 is 10.6 Å². The Morgan fingerprint density at radius 3 is 2.71 bits per heavy atom. The second-order valence-electron chi connectivity index (χ2n) is 4.13. The van der Waals surface area contributed by atoms with Crippen molar-refractivity contribution in [3.8, 4) is 0 Å². The van der Waals surface area contributed by atoms with E-state index in [2.05, 4.69) is 10.6 Å². The monoisotopic (exact) mass is 220 g/mol. The summed E-state index contributed by atoms with van der Waals surface area (Å²) >= 11 is 0. The van der Waals surface area contributed by atoms with E-state index in [9.17, 15) is 4.79 Å². The van der Waals surface area contributed by atoms with Gasteiger partial charge >= 0.3 is 6.09 Å². The summed E-state index contributed by atoms with van der Waals surface area (Å²) in [5.74, 6) is 1.45. The van der Waals surface area contributed by atoms with Crippen LogP contribution in [0.2, 0.25) is 0 Å². The summed E-state index contributed by atoms with van der Waals surface area (Å²) in [5, 5.41) is 14.5. The first-order valence-electron chi connectivity index (χ1n) is 4.96. The second kappa shape index (κ2) is 4.84. The van der Waals surface area contributed by atoms with Crippen LogP contribution in [0.15, 0.2) is 0 Å². The number of hydrogen-bond donors (Lipinski definition) is 3. The Morgan fingerprint density at radius 2 is 2.07 bits per heavy atom. The van der Waals surface area contributed by atoms with Crippen LogP contribution in [0.4, 0.5) is 4.79 Å². The molecule has 2 rings (SSSR count). The van der Waals surface area contributed by atoms with Gasteiger partial charge in [0, 0.05) is 6.04 Å². The smallest absolute Gasteiger partial charge is 0.404 e. The van der Waals surface area contributed by atoms with Gasteiger partial charge < -0.3 is 15.7 Å². The number of nitrogens with one attached hydrogen (secondary N) is 2. The molecule has 1 aliphatic heterocycles. The zero-order valence-electron chi connectivity index (χ0n) is 8.03. The molecule has 0 aromatic carbocycles. The van der Waals surface area contributed by atoms with Crippen molar-refractivity contribution in [1.82, 2.24) is 10.6 Å². The number of halogens is 1. The third-order valence-corrected chi connectivity index (χ3v) is 3.27. The van der Waals surface area contributed by atoms with Gasteiger partial charge in [-0.15, -0.1) is 12.4 Å². The van der Waals surface area contributed by atoms with E-state index in [0.717, 1.165) is 31.8 Å². The summed E-state index contributed by atoms with van der Waals surface area (Å²) in [6.45, 7) is 2.17. The van der Waals surface area contributed by atoms with Gasteiger partial charge in [-0.05, 0) is 44.2 Å². The Bertz CT molecular complexity index is 199. The van der Waals surface area contributed by atoms with Crippen molar-refractivity contribution in [3.05, 3.63) is 0 Å². The summed E-state index contributed by atoms with van der Waals surface area (Å²) in [5.41, 5.74) is 0. The first-order valence-corrected chi connectivity index (χ1v) is 4.96. The molecular formula is C9H17ClN2O2. The van der Waals surface area contributed by atoms with Crippen LogP contribution in [0, 0.1) is 11.8 Å². The molecule has 0 radical (unpaired) electrons. The van der Waals surface area contributed by atoms with Gasteiger partial charge in [0.1, 0.15) is 0 Å². The number of piperidine rings is 1. The van der Waals surface area contributed by atoms with Gasteiger partial charge in [0.2, 0.25) is 0 Å². The molecule has 1 heterocycles. The molecular weight excluding hydrogens is 204 g/mol. The summed E-state index contributed by atoms with van der Waals surface area (Å²) in [7, 11) is 0. The molecule has 14 heavy (non-hydrogen) atoms. The first-order chi connectivity index (χ1) is 6.25. The molecule has 0 bridgehead atoms. The van der Waals surface area contributed by atoms with Crippen molar-refractivity contribution < 1.29 is 9.90 Å². The van der Waals surface area contributed by atoms with Crippen LogP contribution in [0.3, 0.4) is 0 Å². The van der Waals surface area contributed by atoms with Gasteiger partial charge in [-0.25, -0.2) is 4.79 Å². The highest BCUT2D eigenvalue weighted by molar-refractivity contribution is 5.85. The minimum atomic E-state index is -0.878. The Balaban J connectivity index is 0.000000980. The molecule has 2 aliphatic rings. The average Bonchev–Trinajstić information content (AvgIpc) is 2.44. The molecule has 82 valence electrons. The Morgan fingerprint density at radius 1 is 1.36 bits per heavy atom. The molecule has 5 heteroatoms. The molecule has 0 spiro atoms. The molecule has 0 aromatic rings. The lowest BCUT2D eigenvalue weighted by atomic mass is 9.90. The highest BCUT2D eigenvalue weighted by Crippen LogP contribution is 2.35. The standard InChI is InChI=1S/C9H16N2O2.ClH/c12-9(13)11-8-3-6-1-2-10-5-7(6)4-8;/h6-8,10-11H,1-5H2,(H,12,13);1H/t6-,7-,8?;/m0./s1. The van der Waals surface area contributed by atoms with Gasteiger partial charge in [-0.2, -0.15) is 0 Å². The highest BCUT2D eigenvalue weighted by Gasteiger charge is 2.35. The fourth-order valence-corrected chi connectivity index (χ4v) is 2.68. The molecule has 2 fully saturated rings. The zero-order chi connectivity index (χ0) is 9.26.